The number of anilines is 1. The standard InChI is InChI=1S/C20H26N2O3S/c1-5-26(24,25)22(4)18-13-11-17(12-14-18)19(23)21-20(2,3)15-16-9-7-6-8-10-16/h6-14H,5,15H2,1-4H3,(H,21,23). The van der Waals surface area contributed by atoms with E-state index in [9.17, 15) is 13.2 Å². The second-order valence-corrected chi connectivity index (χ2v) is 9.20. The predicted octanol–water partition coefficient (Wildman–Crippen LogP) is 3.22. The fourth-order valence-electron chi connectivity index (χ4n) is 2.71. The second kappa shape index (κ2) is 7.91. The van der Waals surface area contributed by atoms with Crippen LogP contribution in [0.15, 0.2) is 54.6 Å². The van der Waals surface area contributed by atoms with Crippen molar-refractivity contribution >= 4 is 21.6 Å². The molecule has 1 N–H and O–H groups in total. The number of nitrogens with one attached hydrogen (secondary N) is 1. The van der Waals surface area contributed by atoms with Gasteiger partial charge in [0.05, 0.1) is 11.4 Å². The topological polar surface area (TPSA) is 66.5 Å². The van der Waals surface area contributed by atoms with Crippen LogP contribution in [0.1, 0.15) is 36.7 Å². The molecule has 0 atom stereocenters. The van der Waals surface area contributed by atoms with Gasteiger partial charge in [-0.2, -0.15) is 0 Å². The van der Waals surface area contributed by atoms with Gasteiger partial charge in [-0.3, -0.25) is 9.10 Å². The number of hydrogen-bond donors (Lipinski definition) is 1. The van der Waals surface area contributed by atoms with Crippen LogP contribution in [0.3, 0.4) is 0 Å². The van der Waals surface area contributed by atoms with E-state index >= 15 is 0 Å². The average Bonchev–Trinajstić information content (AvgIpc) is 2.61. The summed E-state index contributed by atoms with van der Waals surface area (Å²) in [7, 11) is -1.80. The molecule has 0 fully saturated rings. The molecule has 5 nitrogen and oxygen atoms in total. The molecule has 2 aromatic carbocycles. The van der Waals surface area contributed by atoms with E-state index in [0.29, 0.717) is 11.3 Å². The van der Waals surface area contributed by atoms with E-state index in [1.165, 1.54) is 11.4 Å². The highest BCUT2D eigenvalue weighted by Gasteiger charge is 2.22. The molecule has 0 saturated heterocycles. The maximum absolute atomic E-state index is 12.5. The first kappa shape index (κ1) is 20.0. The van der Waals surface area contributed by atoms with Crippen LogP contribution < -0.4 is 9.62 Å². The van der Waals surface area contributed by atoms with Crippen LogP contribution in [0, 0.1) is 0 Å². The summed E-state index contributed by atoms with van der Waals surface area (Å²) in [5, 5.41) is 3.04. The lowest BCUT2D eigenvalue weighted by Gasteiger charge is -2.26. The summed E-state index contributed by atoms with van der Waals surface area (Å²) in [6.07, 6.45) is 0.717. The molecule has 2 aromatic rings. The van der Waals surface area contributed by atoms with Crippen LogP contribution in [0.4, 0.5) is 5.69 Å². The molecule has 0 spiro atoms. The van der Waals surface area contributed by atoms with Gasteiger partial charge in [0, 0.05) is 18.2 Å². The zero-order valence-electron chi connectivity index (χ0n) is 15.7. The number of rotatable bonds is 7. The molecule has 0 bridgehead atoms. The van der Waals surface area contributed by atoms with Gasteiger partial charge in [-0.05, 0) is 57.0 Å². The fourth-order valence-corrected chi connectivity index (χ4v) is 3.54. The lowest BCUT2D eigenvalue weighted by atomic mass is 9.94. The number of nitrogens with zero attached hydrogens (tertiary/aromatic N) is 1. The molecule has 140 valence electrons. The quantitative estimate of drug-likeness (QED) is 0.809. The van der Waals surface area contributed by atoms with Gasteiger partial charge in [0.2, 0.25) is 10.0 Å². The Kier molecular flexibility index (Phi) is 6.08. The van der Waals surface area contributed by atoms with E-state index in [4.69, 9.17) is 0 Å². The highest BCUT2D eigenvalue weighted by molar-refractivity contribution is 7.92. The first-order chi connectivity index (χ1) is 12.1. The number of carbonyl (C=O) groups excluding carboxylic acids is 1. The Bertz CT molecular complexity index is 844. The van der Waals surface area contributed by atoms with Crippen molar-refractivity contribution in [2.45, 2.75) is 32.7 Å². The van der Waals surface area contributed by atoms with Crippen LogP contribution >= 0.6 is 0 Å². The highest BCUT2D eigenvalue weighted by Crippen LogP contribution is 2.18. The van der Waals surface area contributed by atoms with Crippen LogP contribution in [0.2, 0.25) is 0 Å². The van der Waals surface area contributed by atoms with E-state index in [0.717, 1.165) is 12.0 Å². The second-order valence-electron chi connectivity index (χ2n) is 6.92. The van der Waals surface area contributed by atoms with Crippen molar-refractivity contribution in [3.8, 4) is 0 Å². The molecular formula is C20H26N2O3S. The van der Waals surface area contributed by atoms with Crippen LogP contribution in [0.25, 0.3) is 0 Å². The zero-order chi connectivity index (χ0) is 19.4. The number of amides is 1. The third kappa shape index (κ3) is 5.08. The Morgan fingerprint density at radius 2 is 1.62 bits per heavy atom. The number of hydrogen-bond acceptors (Lipinski definition) is 3. The van der Waals surface area contributed by atoms with Crippen molar-refractivity contribution in [1.29, 1.82) is 0 Å². The van der Waals surface area contributed by atoms with Gasteiger partial charge in [0.1, 0.15) is 0 Å². The van der Waals surface area contributed by atoms with Gasteiger partial charge >= 0.3 is 0 Å². The molecule has 0 aliphatic heterocycles. The highest BCUT2D eigenvalue weighted by atomic mass is 32.2. The molecule has 0 aliphatic rings. The molecule has 0 unspecified atom stereocenters. The summed E-state index contributed by atoms with van der Waals surface area (Å²) >= 11 is 0. The smallest absolute Gasteiger partial charge is 0.251 e. The zero-order valence-corrected chi connectivity index (χ0v) is 16.5. The minimum Gasteiger partial charge on any atom is -0.347 e. The lowest BCUT2D eigenvalue weighted by molar-refractivity contribution is 0.0913. The van der Waals surface area contributed by atoms with E-state index in [2.05, 4.69) is 5.32 Å². The first-order valence-electron chi connectivity index (χ1n) is 8.58. The van der Waals surface area contributed by atoms with Crippen molar-refractivity contribution in [1.82, 2.24) is 5.32 Å². The maximum Gasteiger partial charge on any atom is 0.251 e. The van der Waals surface area contributed by atoms with Gasteiger partial charge < -0.3 is 5.32 Å². The minimum atomic E-state index is -3.31. The summed E-state index contributed by atoms with van der Waals surface area (Å²) in [5.74, 6) is -0.155. The Hall–Kier alpha value is -2.34. The molecule has 0 heterocycles. The van der Waals surface area contributed by atoms with Crippen molar-refractivity contribution in [3.05, 3.63) is 65.7 Å². The number of sulfonamides is 1. The Labute approximate surface area is 156 Å². The van der Waals surface area contributed by atoms with E-state index < -0.39 is 15.6 Å². The van der Waals surface area contributed by atoms with Crippen LogP contribution in [-0.4, -0.2) is 32.7 Å². The molecule has 0 aliphatic carbocycles. The molecule has 6 heteroatoms. The summed E-state index contributed by atoms with van der Waals surface area (Å²) in [6.45, 7) is 5.56. The fraction of sp³-hybridized carbons (Fsp3) is 0.350. The van der Waals surface area contributed by atoms with E-state index in [-0.39, 0.29) is 11.7 Å². The van der Waals surface area contributed by atoms with Gasteiger partial charge in [0.25, 0.3) is 5.91 Å². The molecular weight excluding hydrogens is 348 g/mol. The number of benzene rings is 2. The first-order valence-corrected chi connectivity index (χ1v) is 10.2. The average molecular weight is 375 g/mol. The van der Waals surface area contributed by atoms with E-state index in [1.54, 1.807) is 31.2 Å². The van der Waals surface area contributed by atoms with Gasteiger partial charge in [-0.1, -0.05) is 30.3 Å². The van der Waals surface area contributed by atoms with Gasteiger partial charge in [0.15, 0.2) is 0 Å². The molecule has 2 rings (SSSR count). The molecule has 0 radical (unpaired) electrons. The van der Waals surface area contributed by atoms with Crippen molar-refractivity contribution in [3.63, 3.8) is 0 Å². The van der Waals surface area contributed by atoms with Gasteiger partial charge in [-0.15, -0.1) is 0 Å². The molecule has 0 saturated carbocycles. The molecule has 1 amide bonds. The minimum absolute atomic E-state index is 0.0272. The summed E-state index contributed by atoms with van der Waals surface area (Å²) in [6, 6.07) is 16.6. The summed E-state index contributed by atoms with van der Waals surface area (Å²) in [4.78, 5) is 12.5. The van der Waals surface area contributed by atoms with Crippen molar-refractivity contribution in [2.24, 2.45) is 0 Å². The number of carbonyl (C=O) groups is 1. The Morgan fingerprint density at radius 1 is 1.04 bits per heavy atom. The third-order valence-corrected chi connectivity index (χ3v) is 5.99. The monoisotopic (exact) mass is 374 g/mol. The van der Waals surface area contributed by atoms with Crippen LogP contribution in [-0.2, 0) is 16.4 Å². The Morgan fingerprint density at radius 3 is 2.15 bits per heavy atom. The normalized spacial score (nSPS) is 11.8. The Balaban J connectivity index is 2.08. The SMILES string of the molecule is CCS(=O)(=O)N(C)c1ccc(C(=O)NC(C)(C)Cc2ccccc2)cc1. The largest absolute Gasteiger partial charge is 0.347 e. The summed E-state index contributed by atoms with van der Waals surface area (Å²) < 4.78 is 25.1. The van der Waals surface area contributed by atoms with Crippen molar-refractivity contribution in [2.75, 3.05) is 17.1 Å². The van der Waals surface area contributed by atoms with E-state index in [1.807, 2.05) is 44.2 Å². The van der Waals surface area contributed by atoms with Gasteiger partial charge in [-0.25, -0.2) is 8.42 Å². The van der Waals surface area contributed by atoms with Crippen molar-refractivity contribution < 1.29 is 13.2 Å². The lowest BCUT2D eigenvalue weighted by Crippen LogP contribution is -2.45. The predicted molar refractivity (Wildman–Crippen MR) is 106 cm³/mol. The summed E-state index contributed by atoms with van der Waals surface area (Å²) in [5.41, 5.74) is 1.78. The maximum atomic E-state index is 12.5. The molecule has 26 heavy (non-hydrogen) atoms. The third-order valence-electron chi connectivity index (χ3n) is 4.22. The van der Waals surface area contributed by atoms with Crippen LogP contribution in [0.5, 0.6) is 0 Å². The molecule has 0 aromatic heterocycles.